The van der Waals surface area contributed by atoms with Crippen molar-refractivity contribution >= 4 is 45.8 Å². The van der Waals surface area contributed by atoms with Crippen molar-refractivity contribution in [1.29, 1.82) is 0 Å². The van der Waals surface area contributed by atoms with Gasteiger partial charge in [-0.15, -0.1) is 0 Å². The molecular weight excluding hydrogens is 759 g/mol. The predicted octanol–water partition coefficient (Wildman–Crippen LogP) is 14.9. The lowest BCUT2D eigenvalue weighted by Gasteiger charge is -2.38. The predicted molar refractivity (Wildman–Crippen MR) is 267 cm³/mol. The summed E-state index contributed by atoms with van der Waals surface area (Å²) in [6.07, 6.45) is 16.3. The SMILES string of the molecule is Cc1cc2c(cc1C=Cc1ccc3cc(CC4=Cc5ccccc5C(C)(C)c5ccccc54)ccc3c1)C1(Cc3ccccc3C1)C1=C2C(C)CC(N2CCCc3ccccc32)=C1. The van der Waals surface area contributed by atoms with Crippen molar-refractivity contribution in [2.24, 2.45) is 5.92 Å². The Hall–Kier alpha value is -6.44. The number of benzene rings is 7. The molecule has 0 N–H and O–H groups in total. The number of aryl methyl sites for hydroxylation is 2. The van der Waals surface area contributed by atoms with Gasteiger partial charge in [-0.3, -0.25) is 0 Å². The van der Waals surface area contributed by atoms with Crippen molar-refractivity contribution < 1.29 is 0 Å². The molecule has 63 heavy (non-hydrogen) atoms. The highest BCUT2D eigenvalue weighted by molar-refractivity contribution is 5.92. The van der Waals surface area contributed by atoms with E-state index in [1.165, 1.54) is 113 Å². The van der Waals surface area contributed by atoms with Gasteiger partial charge < -0.3 is 4.90 Å². The van der Waals surface area contributed by atoms with Crippen LogP contribution in [0.25, 0.3) is 40.1 Å². The summed E-state index contributed by atoms with van der Waals surface area (Å²) in [5, 5.41) is 2.57. The Bertz CT molecular complexity index is 3140. The van der Waals surface area contributed by atoms with Crippen LogP contribution in [0, 0.1) is 12.8 Å². The third kappa shape index (κ3) is 6.18. The van der Waals surface area contributed by atoms with Gasteiger partial charge in [0, 0.05) is 28.8 Å². The van der Waals surface area contributed by atoms with Gasteiger partial charge in [0.25, 0.3) is 0 Å². The molecule has 5 aliphatic rings. The summed E-state index contributed by atoms with van der Waals surface area (Å²) < 4.78 is 0. The zero-order valence-corrected chi connectivity index (χ0v) is 37.1. The summed E-state index contributed by atoms with van der Waals surface area (Å²) in [4.78, 5) is 2.66. The maximum Gasteiger partial charge on any atom is 0.0440 e. The highest BCUT2D eigenvalue weighted by Crippen LogP contribution is 2.59. The molecule has 4 aliphatic carbocycles. The van der Waals surface area contributed by atoms with Crippen LogP contribution in [0.2, 0.25) is 0 Å². The number of rotatable bonds is 5. The third-order valence-electron chi connectivity index (χ3n) is 15.6. The minimum Gasteiger partial charge on any atom is -0.345 e. The minimum atomic E-state index is -0.0716. The molecule has 1 heterocycles. The number of fused-ring (bicyclic) bond motifs is 9. The first-order valence-electron chi connectivity index (χ1n) is 23.4. The molecule has 12 rings (SSSR count). The van der Waals surface area contributed by atoms with E-state index in [0.29, 0.717) is 5.92 Å². The standard InChI is InChI=1S/C62H55N/c1-40-31-54-57(62(38-49-16-5-6-17-50(49)39-62)58-37-52(30-41(2)60(54)58)63-29-13-18-44-14-8-12-22-59(44)63)36-45(40)26-23-42-24-27-47-33-43(25-28-46(47)32-42)34-51-35-48-15-7-10-20-55(48)61(3,4)56-21-11-9-19-53(51)56/h5-12,14-17,19-28,31-33,35-37,41H,13,18,29-30,34,38-39H2,1-4H3. The van der Waals surface area contributed by atoms with Crippen LogP contribution in [0.15, 0.2) is 163 Å². The van der Waals surface area contributed by atoms with Crippen LogP contribution in [-0.2, 0) is 36.5 Å². The fourth-order valence-electron chi connectivity index (χ4n) is 12.5. The topological polar surface area (TPSA) is 3.24 Å². The number of hydrogen-bond acceptors (Lipinski definition) is 1. The average molecular weight is 814 g/mol. The minimum absolute atomic E-state index is 0.0466. The monoisotopic (exact) mass is 813 g/mol. The summed E-state index contributed by atoms with van der Waals surface area (Å²) in [6.45, 7) is 10.6. The summed E-state index contributed by atoms with van der Waals surface area (Å²) in [6, 6.07) is 55.5. The van der Waals surface area contributed by atoms with Crippen LogP contribution in [0.1, 0.15) is 106 Å². The molecular formula is C62H55N. The molecule has 0 radical (unpaired) electrons. The molecule has 7 aromatic carbocycles. The molecule has 1 nitrogen and oxygen atoms in total. The van der Waals surface area contributed by atoms with Gasteiger partial charge in [0.15, 0.2) is 0 Å². The largest absolute Gasteiger partial charge is 0.345 e. The van der Waals surface area contributed by atoms with E-state index in [4.69, 9.17) is 0 Å². The number of allylic oxidation sites excluding steroid dienone is 5. The molecule has 0 bridgehead atoms. The molecule has 1 aliphatic heterocycles. The second kappa shape index (κ2) is 14.6. The smallest absolute Gasteiger partial charge is 0.0440 e. The van der Waals surface area contributed by atoms with Crippen molar-refractivity contribution in [1.82, 2.24) is 0 Å². The van der Waals surface area contributed by atoms with E-state index in [-0.39, 0.29) is 10.8 Å². The Labute approximate surface area is 373 Å². The highest BCUT2D eigenvalue weighted by atomic mass is 15.1. The Morgan fingerprint density at radius 1 is 0.651 bits per heavy atom. The van der Waals surface area contributed by atoms with Gasteiger partial charge in [0.2, 0.25) is 0 Å². The lowest BCUT2D eigenvalue weighted by Crippen LogP contribution is -2.33. The van der Waals surface area contributed by atoms with Crippen LogP contribution < -0.4 is 4.90 Å². The van der Waals surface area contributed by atoms with Crippen LogP contribution in [-0.4, -0.2) is 6.54 Å². The molecule has 0 saturated heterocycles. The lowest BCUT2D eigenvalue weighted by atomic mass is 9.72. The number of para-hydroxylation sites is 1. The first-order valence-corrected chi connectivity index (χ1v) is 23.4. The van der Waals surface area contributed by atoms with Crippen molar-refractivity contribution in [2.45, 2.75) is 77.0 Å². The van der Waals surface area contributed by atoms with Crippen LogP contribution >= 0.6 is 0 Å². The molecule has 0 aromatic heterocycles. The zero-order valence-electron chi connectivity index (χ0n) is 37.1. The Morgan fingerprint density at radius 3 is 2.21 bits per heavy atom. The quantitative estimate of drug-likeness (QED) is 0.157. The maximum absolute atomic E-state index is 2.66. The number of hydrogen-bond donors (Lipinski definition) is 0. The fourth-order valence-corrected chi connectivity index (χ4v) is 12.5. The van der Waals surface area contributed by atoms with Crippen molar-refractivity contribution in [2.75, 3.05) is 11.4 Å². The summed E-state index contributed by atoms with van der Waals surface area (Å²) in [5.74, 6) is 0.457. The normalized spacial score (nSPS) is 18.9. The molecule has 1 spiro atoms. The molecule has 0 amide bonds. The van der Waals surface area contributed by atoms with Gasteiger partial charge in [-0.05, 0) is 175 Å². The van der Waals surface area contributed by atoms with Crippen molar-refractivity contribution in [3.05, 3.63) is 235 Å². The molecule has 1 heteroatoms. The summed E-state index contributed by atoms with van der Waals surface area (Å²) in [7, 11) is 0. The number of nitrogens with zero attached hydrogens (tertiary/aromatic N) is 1. The van der Waals surface area contributed by atoms with E-state index in [1.807, 2.05) is 0 Å². The van der Waals surface area contributed by atoms with E-state index in [2.05, 4.69) is 202 Å². The first-order chi connectivity index (χ1) is 30.7. The lowest BCUT2D eigenvalue weighted by molar-refractivity contribution is 0.549. The van der Waals surface area contributed by atoms with Gasteiger partial charge >= 0.3 is 0 Å². The molecule has 0 saturated carbocycles. The molecule has 7 aromatic rings. The van der Waals surface area contributed by atoms with E-state index in [0.717, 1.165) is 32.2 Å². The molecule has 308 valence electrons. The van der Waals surface area contributed by atoms with Crippen LogP contribution in [0.5, 0.6) is 0 Å². The van der Waals surface area contributed by atoms with E-state index in [1.54, 1.807) is 11.1 Å². The third-order valence-corrected chi connectivity index (χ3v) is 15.6. The summed E-state index contributed by atoms with van der Waals surface area (Å²) >= 11 is 0. The average Bonchev–Trinajstić information content (AvgIpc) is 3.79. The maximum atomic E-state index is 2.66. The van der Waals surface area contributed by atoms with E-state index >= 15 is 0 Å². The Kier molecular flexibility index (Phi) is 8.84. The first kappa shape index (κ1) is 38.3. The Balaban J connectivity index is 0.866. The van der Waals surface area contributed by atoms with Crippen molar-refractivity contribution in [3.8, 4) is 0 Å². The second-order valence-corrected chi connectivity index (χ2v) is 19.8. The zero-order chi connectivity index (χ0) is 42.5. The number of anilines is 1. The van der Waals surface area contributed by atoms with E-state index in [9.17, 15) is 0 Å². The van der Waals surface area contributed by atoms with Crippen molar-refractivity contribution in [3.63, 3.8) is 0 Å². The van der Waals surface area contributed by atoms with Gasteiger partial charge in [0.1, 0.15) is 0 Å². The van der Waals surface area contributed by atoms with Gasteiger partial charge in [-0.2, -0.15) is 0 Å². The summed E-state index contributed by atoms with van der Waals surface area (Å²) in [5.41, 5.74) is 25.6. The van der Waals surface area contributed by atoms with Crippen LogP contribution in [0.4, 0.5) is 5.69 Å². The fraction of sp³-hybridized carbons (Fsp3) is 0.226. The Morgan fingerprint density at radius 2 is 1.37 bits per heavy atom. The molecule has 1 unspecified atom stereocenters. The van der Waals surface area contributed by atoms with Gasteiger partial charge in [-0.25, -0.2) is 0 Å². The van der Waals surface area contributed by atoms with Gasteiger partial charge in [0.05, 0.1) is 0 Å². The highest BCUT2D eigenvalue weighted by Gasteiger charge is 2.50. The molecule has 0 fully saturated rings. The second-order valence-electron chi connectivity index (χ2n) is 19.8. The van der Waals surface area contributed by atoms with Gasteiger partial charge in [-0.1, -0.05) is 166 Å². The van der Waals surface area contributed by atoms with Crippen LogP contribution in [0.3, 0.4) is 0 Å². The molecule has 1 atom stereocenters. The van der Waals surface area contributed by atoms with E-state index < -0.39 is 0 Å².